The van der Waals surface area contributed by atoms with Crippen molar-refractivity contribution < 1.29 is 29.7 Å². The Morgan fingerprint density at radius 1 is 1.15 bits per heavy atom. The van der Waals surface area contributed by atoms with Crippen molar-refractivity contribution in [3.8, 4) is 5.75 Å². The Balaban J connectivity index is 1.91. The smallest absolute Gasteiger partial charge is 0.317 e. The number of benzene rings is 1. The maximum atomic E-state index is 12.4. The number of carboxylic acid groups (broad SMARTS) is 2. The maximum Gasteiger partial charge on any atom is 0.317 e. The van der Waals surface area contributed by atoms with Gasteiger partial charge in [0.05, 0.1) is 4.91 Å². The Labute approximate surface area is 159 Å². The second-order valence-corrected chi connectivity index (χ2v) is 7.33. The molecule has 2 rings (SSSR count). The summed E-state index contributed by atoms with van der Waals surface area (Å²) in [5.41, 5.74) is 0.758. The van der Waals surface area contributed by atoms with Gasteiger partial charge in [0.15, 0.2) is 5.92 Å². The molecule has 0 radical (unpaired) electrons. The van der Waals surface area contributed by atoms with Crippen molar-refractivity contribution >= 4 is 52.2 Å². The van der Waals surface area contributed by atoms with Gasteiger partial charge in [0.25, 0.3) is 5.91 Å². The summed E-state index contributed by atoms with van der Waals surface area (Å²) in [5.74, 6) is -4.26. The van der Waals surface area contributed by atoms with Crippen LogP contribution in [0.1, 0.15) is 24.8 Å². The second kappa shape index (κ2) is 8.81. The number of phenolic OH excluding ortho intramolecular Hbond substituents is 1. The summed E-state index contributed by atoms with van der Waals surface area (Å²) >= 11 is 6.39. The number of carbonyl (C=O) groups is 3. The summed E-state index contributed by atoms with van der Waals surface area (Å²) in [6.45, 7) is 0.309. The fourth-order valence-electron chi connectivity index (χ4n) is 2.39. The molecule has 0 aromatic heterocycles. The van der Waals surface area contributed by atoms with Crippen LogP contribution in [0.2, 0.25) is 0 Å². The molecule has 0 spiro atoms. The fourth-order valence-corrected chi connectivity index (χ4v) is 3.69. The lowest BCUT2D eigenvalue weighted by Crippen LogP contribution is -2.29. The lowest BCUT2D eigenvalue weighted by molar-refractivity contribution is -0.154. The number of thioether (sulfide) groups is 1. The van der Waals surface area contributed by atoms with Gasteiger partial charge in [-0.3, -0.25) is 19.3 Å². The molecule has 1 saturated heterocycles. The zero-order chi connectivity index (χ0) is 19.3. The lowest BCUT2D eigenvalue weighted by Gasteiger charge is -2.14. The van der Waals surface area contributed by atoms with Crippen molar-refractivity contribution in [2.45, 2.75) is 19.3 Å². The predicted molar refractivity (Wildman–Crippen MR) is 101 cm³/mol. The molecule has 1 aliphatic rings. The number of amides is 1. The number of phenols is 1. The van der Waals surface area contributed by atoms with Crippen LogP contribution >= 0.6 is 24.0 Å². The summed E-state index contributed by atoms with van der Waals surface area (Å²) in [6.07, 6.45) is 2.50. The molecule has 1 aromatic rings. The maximum absolute atomic E-state index is 12.4. The van der Waals surface area contributed by atoms with Crippen molar-refractivity contribution in [2.24, 2.45) is 5.92 Å². The standard InChI is InChI=1S/C17H17NO6S2/c19-11-6-4-10(5-7-11)9-13-14(20)18(17(25)26-13)8-2-1-3-12(15(21)22)16(23)24/h4-7,9,12,19H,1-3,8H2,(H,21,22)(H,23,24). The Morgan fingerprint density at radius 2 is 1.77 bits per heavy atom. The van der Waals surface area contributed by atoms with Crippen molar-refractivity contribution in [1.29, 1.82) is 0 Å². The third-order valence-corrected chi connectivity index (χ3v) is 5.16. The van der Waals surface area contributed by atoms with E-state index in [0.717, 1.165) is 5.56 Å². The summed E-state index contributed by atoms with van der Waals surface area (Å²) in [5, 5.41) is 27.0. The van der Waals surface area contributed by atoms with Crippen molar-refractivity contribution in [3.63, 3.8) is 0 Å². The molecule has 1 amide bonds. The number of thiocarbonyl (C=S) groups is 1. The minimum absolute atomic E-state index is 0.00278. The van der Waals surface area contributed by atoms with Crippen LogP contribution in [0.15, 0.2) is 29.2 Å². The zero-order valence-corrected chi connectivity index (χ0v) is 15.3. The number of rotatable bonds is 8. The SMILES string of the molecule is O=C(O)C(CCCCN1C(=O)C(=Cc2ccc(O)cc2)SC1=S)C(=O)O. The van der Waals surface area contributed by atoms with E-state index >= 15 is 0 Å². The summed E-state index contributed by atoms with van der Waals surface area (Å²) in [7, 11) is 0. The molecule has 9 heteroatoms. The zero-order valence-electron chi connectivity index (χ0n) is 13.6. The van der Waals surface area contributed by atoms with Gasteiger partial charge in [-0.1, -0.05) is 42.5 Å². The number of carboxylic acids is 2. The highest BCUT2D eigenvalue weighted by Crippen LogP contribution is 2.33. The minimum atomic E-state index is -1.43. The second-order valence-electron chi connectivity index (χ2n) is 5.65. The number of nitrogens with zero attached hydrogens (tertiary/aromatic N) is 1. The van der Waals surface area contributed by atoms with Gasteiger partial charge in [-0.2, -0.15) is 0 Å². The number of hydrogen-bond acceptors (Lipinski definition) is 6. The van der Waals surface area contributed by atoms with Crippen LogP contribution in [0, 0.1) is 5.92 Å². The molecule has 1 aromatic carbocycles. The first-order valence-electron chi connectivity index (χ1n) is 7.79. The molecule has 0 unspecified atom stereocenters. The van der Waals surface area contributed by atoms with Gasteiger partial charge in [0.2, 0.25) is 0 Å². The molecule has 1 aliphatic heterocycles. The quantitative estimate of drug-likeness (QED) is 0.266. The van der Waals surface area contributed by atoms with Crippen molar-refractivity contribution in [2.75, 3.05) is 6.54 Å². The van der Waals surface area contributed by atoms with Crippen molar-refractivity contribution in [1.82, 2.24) is 4.90 Å². The van der Waals surface area contributed by atoms with Gasteiger partial charge in [0.1, 0.15) is 10.1 Å². The van der Waals surface area contributed by atoms with Gasteiger partial charge < -0.3 is 15.3 Å². The van der Waals surface area contributed by atoms with Gasteiger partial charge in [-0.05, 0) is 36.6 Å². The first-order valence-corrected chi connectivity index (χ1v) is 9.02. The van der Waals surface area contributed by atoms with E-state index in [1.165, 1.54) is 28.8 Å². The monoisotopic (exact) mass is 395 g/mol. The molecule has 0 aliphatic carbocycles. The summed E-state index contributed by atoms with van der Waals surface area (Å²) in [4.78, 5) is 36.0. The van der Waals surface area contributed by atoms with E-state index in [2.05, 4.69) is 0 Å². The highest BCUT2D eigenvalue weighted by molar-refractivity contribution is 8.26. The number of unbranched alkanes of at least 4 members (excludes halogenated alkanes) is 1. The molecule has 0 bridgehead atoms. The van der Waals surface area contributed by atoms with Crippen molar-refractivity contribution in [3.05, 3.63) is 34.7 Å². The van der Waals surface area contributed by atoms with Gasteiger partial charge in [0, 0.05) is 6.54 Å². The molecule has 138 valence electrons. The van der Waals surface area contributed by atoms with E-state index in [-0.39, 0.29) is 18.1 Å². The summed E-state index contributed by atoms with van der Waals surface area (Å²) < 4.78 is 0.410. The molecule has 1 fully saturated rings. The first kappa shape index (κ1) is 19.9. The van der Waals surface area contributed by atoms with Gasteiger partial charge >= 0.3 is 11.9 Å². The lowest BCUT2D eigenvalue weighted by atomic mass is 10.0. The van der Waals surface area contributed by atoms with Crippen LogP contribution in [0.3, 0.4) is 0 Å². The molecule has 0 atom stereocenters. The largest absolute Gasteiger partial charge is 0.508 e. The van der Waals surface area contributed by atoms with E-state index in [1.54, 1.807) is 18.2 Å². The van der Waals surface area contributed by atoms with E-state index in [4.69, 9.17) is 22.4 Å². The Morgan fingerprint density at radius 3 is 2.35 bits per heavy atom. The van der Waals surface area contributed by atoms with E-state index in [0.29, 0.717) is 28.6 Å². The first-order chi connectivity index (χ1) is 12.3. The fraction of sp³-hybridized carbons (Fsp3) is 0.294. The third kappa shape index (κ3) is 5.06. The van der Waals surface area contributed by atoms with E-state index in [1.807, 2.05) is 0 Å². The molecule has 3 N–H and O–H groups in total. The van der Waals surface area contributed by atoms with Crippen LogP contribution in [0.25, 0.3) is 6.08 Å². The van der Waals surface area contributed by atoms with E-state index in [9.17, 15) is 19.5 Å². The molecule has 26 heavy (non-hydrogen) atoms. The number of hydrogen-bond donors (Lipinski definition) is 3. The van der Waals surface area contributed by atoms with E-state index < -0.39 is 17.9 Å². The molecule has 0 saturated carbocycles. The number of aliphatic carboxylic acids is 2. The van der Waals surface area contributed by atoms with Crippen LogP contribution in [-0.2, 0) is 14.4 Å². The predicted octanol–water partition coefficient (Wildman–Crippen LogP) is 2.55. The molecule has 1 heterocycles. The van der Waals surface area contributed by atoms with Gasteiger partial charge in [-0.25, -0.2) is 0 Å². The average Bonchev–Trinajstić information content (AvgIpc) is 2.83. The van der Waals surface area contributed by atoms with Crippen LogP contribution in [0.4, 0.5) is 0 Å². The summed E-state index contributed by atoms with van der Waals surface area (Å²) in [6, 6.07) is 6.40. The minimum Gasteiger partial charge on any atom is -0.508 e. The highest BCUT2D eigenvalue weighted by atomic mass is 32.2. The number of carbonyl (C=O) groups excluding carboxylic acids is 1. The number of aromatic hydroxyl groups is 1. The van der Waals surface area contributed by atoms with Crippen LogP contribution in [-0.4, -0.2) is 48.9 Å². The Hall–Kier alpha value is -2.39. The topological polar surface area (TPSA) is 115 Å². The highest BCUT2D eigenvalue weighted by Gasteiger charge is 2.32. The molecule has 7 nitrogen and oxygen atoms in total. The van der Waals surface area contributed by atoms with Crippen LogP contribution in [0.5, 0.6) is 5.75 Å². The Kier molecular flexibility index (Phi) is 6.76. The third-order valence-electron chi connectivity index (χ3n) is 3.79. The molecular formula is C17H17NO6S2. The molecular weight excluding hydrogens is 378 g/mol. The average molecular weight is 395 g/mol. The van der Waals surface area contributed by atoms with Crippen LogP contribution < -0.4 is 0 Å². The normalized spacial score (nSPS) is 15.9. The van der Waals surface area contributed by atoms with Gasteiger partial charge in [-0.15, -0.1) is 0 Å². The Bertz CT molecular complexity index is 745.